The van der Waals surface area contributed by atoms with Crippen LogP contribution in [-0.4, -0.2) is 8.80 Å². The largest absolute Gasteiger partial charge is 0.454 e. The van der Waals surface area contributed by atoms with Crippen LogP contribution in [0.15, 0.2) is 288 Å². The third-order valence-electron chi connectivity index (χ3n) is 18.0. The maximum absolute atomic E-state index is 6.80. The highest BCUT2D eigenvalue weighted by Crippen LogP contribution is 2.50. The molecule has 0 radical (unpaired) electrons. The Labute approximate surface area is 480 Å². The van der Waals surface area contributed by atoms with Gasteiger partial charge in [-0.15, -0.1) is 0 Å². The van der Waals surface area contributed by atoms with E-state index >= 15 is 0 Å². The minimum Gasteiger partial charge on any atom is -0.454 e. The van der Waals surface area contributed by atoms with Gasteiger partial charge in [0.05, 0.1) is 44.5 Å². The molecule has 0 aliphatic carbocycles. The van der Waals surface area contributed by atoms with Crippen LogP contribution >= 0.6 is 0 Å². The Hall–Kier alpha value is -11.3. The predicted octanol–water partition coefficient (Wildman–Crippen LogP) is 22.1. The van der Waals surface area contributed by atoms with Gasteiger partial charge in [-0.25, -0.2) is 0 Å². The lowest BCUT2D eigenvalue weighted by atomic mass is 10.0. The molecule has 0 saturated carbocycles. The second kappa shape index (κ2) is 17.1. The van der Waals surface area contributed by atoms with Gasteiger partial charge in [-0.3, -0.25) is 0 Å². The number of rotatable bonds is 8. The average Bonchev–Trinajstić information content (AvgIpc) is 1.62. The van der Waals surface area contributed by atoms with E-state index in [9.17, 15) is 0 Å². The van der Waals surface area contributed by atoms with Crippen molar-refractivity contribution in [3.05, 3.63) is 279 Å². The van der Waals surface area contributed by atoms with Crippen LogP contribution in [-0.2, 0) is 0 Å². The summed E-state index contributed by atoms with van der Waals surface area (Å²) in [6.07, 6.45) is 0. The van der Waals surface area contributed by atoms with Crippen molar-refractivity contribution in [2.24, 2.45) is 0 Å². The van der Waals surface area contributed by atoms with Gasteiger partial charge < -0.3 is 27.4 Å². The van der Waals surface area contributed by atoms with Crippen LogP contribution in [0.3, 0.4) is 0 Å². The zero-order chi connectivity index (χ0) is 54.7. The lowest BCUT2D eigenvalue weighted by Crippen LogP contribution is -2.10. The number of para-hydroxylation sites is 6. The molecule has 6 heteroatoms. The second-order valence-electron chi connectivity index (χ2n) is 22.4. The fourth-order valence-corrected chi connectivity index (χ4v) is 14.2. The van der Waals surface area contributed by atoms with Crippen molar-refractivity contribution in [3.8, 4) is 22.3 Å². The molecule has 0 unspecified atom stereocenters. The molecule has 84 heavy (non-hydrogen) atoms. The van der Waals surface area contributed by atoms with Crippen molar-refractivity contribution < 1.29 is 8.83 Å². The van der Waals surface area contributed by atoms with Crippen molar-refractivity contribution >= 4 is 154 Å². The molecule has 0 amide bonds. The summed E-state index contributed by atoms with van der Waals surface area (Å²) in [4.78, 5) is 4.74. The van der Waals surface area contributed by atoms with Gasteiger partial charge in [-0.2, -0.15) is 0 Å². The molecule has 6 nitrogen and oxygen atoms in total. The third kappa shape index (κ3) is 6.33. The minimum absolute atomic E-state index is 0.852. The Balaban J connectivity index is 0.824. The van der Waals surface area contributed by atoms with Gasteiger partial charge >= 0.3 is 0 Å². The van der Waals surface area contributed by atoms with Gasteiger partial charge in [-0.1, -0.05) is 194 Å². The molecule has 19 rings (SSSR count). The fourth-order valence-electron chi connectivity index (χ4n) is 14.2. The van der Waals surface area contributed by atoms with Crippen LogP contribution in [0.4, 0.5) is 34.1 Å². The molecular formula is C78H46N4O2. The normalized spacial score (nSPS) is 12.3. The minimum atomic E-state index is 0.852. The SMILES string of the molecule is c1ccc(-c2ccc(N(c3ccc4c5cccc6c7cc8c(cc7n(c4c3)c56)c3cccc4c5ccc(N(c6ccc(-c7ccccc7)cc6)c6cccc7c6oc6ccccc67)cc5n8c43)c3cccc4c3oc3ccccc34)cc2)cc1. The van der Waals surface area contributed by atoms with Gasteiger partial charge in [0.15, 0.2) is 11.2 Å². The molecule has 0 N–H and O–H groups in total. The third-order valence-corrected chi connectivity index (χ3v) is 18.0. The van der Waals surface area contributed by atoms with Gasteiger partial charge in [0.25, 0.3) is 0 Å². The van der Waals surface area contributed by atoms with Crippen molar-refractivity contribution in [1.29, 1.82) is 0 Å². The summed E-state index contributed by atoms with van der Waals surface area (Å²) < 4.78 is 18.7. The first kappa shape index (κ1) is 45.4. The molecule has 0 spiro atoms. The molecule has 0 aliphatic rings. The van der Waals surface area contributed by atoms with Gasteiger partial charge in [0, 0.05) is 87.4 Å². The molecule has 6 aromatic heterocycles. The zero-order valence-electron chi connectivity index (χ0n) is 45.2. The van der Waals surface area contributed by atoms with Crippen molar-refractivity contribution in [3.63, 3.8) is 0 Å². The Bertz CT molecular complexity index is 5490. The molecule has 0 atom stereocenters. The molecule has 0 saturated heterocycles. The summed E-state index contributed by atoms with van der Waals surface area (Å²) in [5.41, 5.74) is 21.4. The van der Waals surface area contributed by atoms with Gasteiger partial charge in [-0.05, 0) is 107 Å². The highest BCUT2D eigenvalue weighted by atomic mass is 16.3. The molecule has 6 heterocycles. The standard InChI is InChI=1S/C78H46N4O2/c1-3-15-47(16-4-1)49-31-35-51(36-32-49)79(67-27-13-25-63-57-19-7-9-29-73(57)83-77(63)67)53-39-41-55-59-21-11-23-61-65-46-72-66(45-71(65)81(75(59)61)69(55)43-53)62-24-12-22-60-56-42-40-54(44-70(56)82(72)76(60)62)80(52-37-33-50(34-38-52)48-17-5-2-6-18-48)68-28-14-26-64-58-20-8-10-30-74(58)84-78(64)68/h1-46H. The number of furan rings is 2. The van der Waals surface area contributed by atoms with E-state index in [1.807, 2.05) is 12.1 Å². The number of hydrogen-bond donors (Lipinski definition) is 0. The van der Waals surface area contributed by atoms with E-state index < -0.39 is 0 Å². The van der Waals surface area contributed by atoms with Crippen molar-refractivity contribution in [2.45, 2.75) is 0 Å². The number of fused-ring (bicyclic) bond motifs is 18. The van der Waals surface area contributed by atoms with E-state index in [0.29, 0.717) is 0 Å². The van der Waals surface area contributed by atoms with Crippen LogP contribution in [0, 0.1) is 0 Å². The van der Waals surface area contributed by atoms with Gasteiger partial charge in [0.2, 0.25) is 0 Å². The maximum Gasteiger partial charge on any atom is 0.159 e. The van der Waals surface area contributed by atoms with E-state index in [1.165, 1.54) is 87.4 Å². The van der Waals surface area contributed by atoms with Crippen LogP contribution in [0.5, 0.6) is 0 Å². The second-order valence-corrected chi connectivity index (χ2v) is 22.4. The molecular weight excluding hydrogens is 1020 g/mol. The monoisotopic (exact) mass is 1070 g/mol. The summed E-state index contributed by atoms with van der Waals surface area (Å²) in [6, 6.07) is 101. The number of hydrogen-bond acceptors (Lipinski definition) is 4. The van der Waals surface area contributed by atoms with Crippen molar-refractivity contribution in [2.75, 3.05) is 9.80 Å². The Morgan fingerprint density at radius 3 is 1.00 bits per heavy atom. The first-order valence-corrected chi connectivity index (χ1v) is 28.7. The lowest BCUT2D eigenvalue weighted by molar-refractivity contribution is 0.668. The average molecular weight is 1070 g/mol. The predicted molar refractivity (Wildman–Crippen MR) is 351 cm³/mol. The summed E-state index contributed by atoms with van der Waals surface area (Å²) in [7, 11) is 0. The van der Waals surface area contributed by atoms with Crippen LogP contribution < -0.4 is 9.80 Å². The zero-order valence-corrected chi connectivity index (χ0v) is 45.2. The molecule has 13 aromatic carbocycles. The smallest absolute Gasteiger partial charge is 0.159 e. The first-order valence-electron chi connectivity index (χ1n) is 28.7. The number of benzene rings is 13. The summed E-state index contributed by atoms with van der Waals surface area (Å²) in [6.45, 7) is 0. The molecule has 19 aromatic rings. The molecule has 0 bridgehead atoms. The van der Waals surface area contributed by atoms with E-state index in [0.717, 1.165) is 89.0 Å². The topological polar surface area (TPSA) is 41.6 Å². The molecule has 390 valence electrons. The Kier molecular flexibility index (Phi) is 9.24. The highest BCUT2D eigenvalue weighted by molar-refractivity contribution is 6.29. The number of anilines is 6. The van der Waals surface area contributed by atoms with Crippen LogP contribution in [0.2, 0.25) is 0 Å². The summed E-state index contributed by atoms with van der Waals surface area (Å²) in [5, 5.41) is 14.2. The maximum atomic E-state index is 6.80. The van der Waals surface area contributed by atoms with E-state index in [1.54, 1.807) is 0 Å². The molecule has 0 fully saturated rings. The summed E-state index contributed by atoms with van der Waals surface area (Å²) >= 11 is 0. The van der Waals surface area contributed by atoms with E-state index in [4.69, 9.17) is 8.83 Å². The summed E-state index contributed by atoms with van der Waals surface area (Å²) in [5.74, 6) is 0. The number of aromatic nitrogens is 2. The van der Waals surface area contributed by atoms with Crippen molar-refractivity contribution in [1.82, 2.24) is 8.80 Å². The van der Waals surface area contributed by atoms with E-state index in [-0.39, 0.29) is 0 Å². The lowest BCUT2D eigenvalue weighted by Gasteiger charge is -2.26. The quantitative estimate of drug-likeness (QED) is 0.152. The number of nitrogens with zero attached hydrogens (tertiary/aromatic N) is 4. The fraction of sp³-hybridized carbons (Fsp3) is 0. The Morgan fingerprint density at radius 2 is 0.560 bits per heavy atom. The van der Waals surface area contributed by atoms with Crippen LogP contribution in [0.1, 0.15) is 0 Å². The van der Waals surface area contributed by atoms with E-state index in [2.05, 4.69) is 286 Å². The first-order chi connectivity index (χ1) is 41.7. The van der Waals surface area contributed by atoms with Crippen LogP contribution in [0.25, 0.3) is 142 Å². The Morgan fingerprint density at radius 1 is 0.226 bits per heavy atom. The molecule has 0 aliphatic heterocycles. The van der Waals surface area contributed by atoms with Gasteiger partial charge in [0.1, 0.15) is 11.2 Å². The highest BCUT2D eigenvalue weighted by Gasteiger charge is 2.27.